The van der Waals surface area contributed by atoms with Gasteiger partial charge in [-0.25, -0.2) is 0 Å². The van der Waals surface area contributed by atoms with Crippen LogP contribution in [0.4, 0.5) is 0 Å². The van der Waals surface area contributed by atoms with E-state index in [2.05, 4.69) is 30.0 Å². The fourth-order valence-electron chi connectivity index (χ4n) is 3.19. The minimum absolute atomic E-state index is 0.0409. The molecular weight excluding hydrogens is 314 g/mol. The molecule has 0 aromatic heterocycles. The third-order valence-electron chi connectivity index (χ3n) is 4.56. The largest absolute Gasteiger partial charge is 0.496 e. The van der Waals surface area contributed by atoms with Crippen molar-refractivity contribution in [1.29, 1.82) is 0 Å². The van der Waals surface area contributed by atoms with E-state index < -0.39 is 0 Å². The van der Waals surface area contributed by atoms with Gasteiger partial charge in [0.25, 0.3) is 0 Å². The van der Waals surface area contributed by atoms with Gasteiger partial charge in [0.15, 0.2) is 0 Å². The van der Waals surface area contributed by atoms with Crippen LogP contribution in [0.5, 0.6) is 11.5 Å². The summed E-state index contributed by atoms with van der Waals surface area (Å²) in [6.45, 7) is 6.68. The normalized spacial score (nSPS) is 16.4. The lowest BCUT2D eigenvalue weighted by Crippen LogP contribution is -2.37. The number of ether oxygens (including phenoxy) is 3. The maximum atomic E-state index is 6.38. The summed E-state index contributed by atoms with van der Waals surface area (Å²) in [6, 6.07) is 16.3. The van der Waals surface area contributed by atoms with Gasteiger partial charge in [-0.1, -0.05) is 30.3 Å². The number of para-hydroxylation sites is 1. The highest BCUT2D eigenvalue weighted by Crippen LogP contribution is 2.32. The van der Waals surface area contributed by atoms with E-state index in [0.29, 0.717) is 0 Å². The van der Waals surface area contributed by atoms with Crippen LogP contribution in [0.3, 0.4) is 0 Å². The molecule has 0 radical (unpaired) electrons. The van der Waals surface area contributed by atoms with Crippen molar-refractivity contribution < 1.29 is 14.2 Å². The van der Waals surface area contributed by atoms with Gasteiger partial charge in [-0.2, -0.15) is 0 Å². The minimum Gasteiger partial charge on any atom is -0.496 e. The third kappa shape index (κ3) is 4.97. The molecule has 1 saturated heterocycles. The summed E-state index contributed by atoms with van der Waals surface area (Å²) in [5, 5.41) is 0. The topological polar surface area (TPSA) is 30.9 Å². The standard InChI is InChI=1S/C21H27NO3/c1-17-6-5-7-18(16-17)25-21(10-11-22-12-14-24-15-13-22)19-8-3-4-9-20(19)23-2/h3-9,16,21H,10-15H2,1-2H3. The number of morpholine rings is 1. The lowest BCUT2D eigenvalue weighted by atomic mass is 10.0. The van der Waals surface area contributed by atoms with Gasteiger partial charge >= 0.3 is 0 Å². The van der Waals surface area contributed by atoms with Gasteiger partial charge < -0.3 is 14.2 Å². The molecule has 4 heteroatoms. The SMILES string of the molecule is COc1ccccc1C(CCN1CCOCC1)Oc1cccc(C)c1. The first-order valence-corrected chi connectivity index (χ1v) is 8.92. The van der Waals surface area contributed by atoms with E-state index in [-0.39, 0.29) is 6.10 Å². The second-order valence-electron chi connectivity index (χ2n) is 6.41. The summed E-state index contributed by atoms with van der Waals surface area (Å²) in [7, 11) is 1.71. The molecule has 0 bridgehead atoms. The van der Waals surface area contributed by atoms with Crippen LogP contribution in [-0.4, -0.2) is 44.9 Å². The molecule has 1 atom stereocenters. The van der Waals surface area contributed by atoms with E-state index in [1.54, 1.807) is 7.11 Å². The molecule has 1 aliphatic heterocycles. The molecule has 1 unspecified atom stereocenters. The van der Waals surface area contributed by atoms with Crippen LogP contribution in [0, 0.1) is 6.92 Å². The van der Waals surface area contributed by atoms with Crippen LogP contribution in [-0.2, 0) is 4.74 Å². The van der Waals surface area contributed by atoms with E-state index in [1.165, 1.54) is 5.56 Å². The predicted octanol–water partition coefficient (Wildman–Crippen LogP) is 3.85. The smallest absolute Gasteiger partial charge is 0.128 e. The van der Waals surface area contributed by atoms with Crippen molar-refractivity contribution >= 4 is 0 Å². The summed E-state index contributed by atoms with van der Waals surface area (Å²) in [4.78, 5) is 2.44. The fraction of sp³-hybridized carbons (Fsp3) is 0.429. The summed E-state index contributed by atoms with van der Waals surface area (Å²) in [5.74, 6) is 1.78. The molecule has 3 rings (SSSR count). The lowest BCUT2D eigenvalue weighted by Gasteiger charge is -2.29. The number of benzene rings is 2. The highest BCUT2D eigenvalue weighted by Gasteiger charge is 2.20. The number of nitrogens with zero attached hydrogens (tertiary/aromatic N) is 1. The Bertz CT molecular complexity index is 668. The van der Waals surface area contributed by atoms with Crippen LogP contribution in [0.25, 0.3) is 0 Å². The van der Waals surface area contributed by atoms with Crippen molar-refractivity contribution in [2.75, 3.05) is 40.0 Å². The molecule has 134 valence electrons. The number of hydrogen-bond acceptors (Lipinski definition) is 4. The minimum atomic E-state index is -0.0409. The third-order valence-corrected chi connectivity index (χ3v) is 4.56. The first kappa shape index (κ1) is 17.8. The molecule has 0 N–H and O–H groups in total. The van der Waals surface area contributed by atoms with Crippen molar-refractivity contribution in [2.45, 2.75) is 19.4 Å². The Morgan fingerprint density at radius 2 is 1.88 bits per heavy atom. The Labute approximate surface area is 150 Å². The summed E-state index contributed by atoms with van der Waals surface area (Å²) in [6.07, 6.45) is 0.870. The predicted molar refractivity (Wildman–Crippen MR) is 99.4 cm³/mol. The van der Waals surface area contributed by atoms with Crippen LogP contribution >= 0.6 is 0 Å². The lowest BCUT2D eigenvalue weighted by molar-refractivity contribution is 0.0316. The van der Waals surface area contributed by atoms with Gasteiger partial charge in [-0.3, -0.25) is 4.90 Å². The molecule has 1 aliphatic rings. The van der Waals surface area contributed by atoms with Gasteiger partial charge in [0, 0.05) is 31.6 Å². The molecular formula is C21H27NO3. The fourth-order valence-corrected chi connectivity index (χ4v) is 3.19. The summed E-state index contributed by atoms with van der Waals surface area (Å²) in [5.41, 5.74) is 2.30. The maximum Gasteiger partial charge on any atom is 0.128 e. The van der Waals surface area contributed by atoms with E-state index in [1.807, 2.05) is 30.3 Å². The van der Waals surface area contributed by atoms with Gasteiger partial charge in [0.1, 0.15) is 17.6 Å². The van der Waals surface area contributed by atoms with Crippen molar-refractivity contribution in [3.63, 3.8) is 0 Å². The van der Waals surface area contributed by atoms with Crippen molar-refractivity contribution in [2.24, 2.45) is 0 Å². The highest BCUT2D eigenvalue weighted by molar-refractivity contribution is 5.36. The molecule has 1 fully saturated rings. The summed E-state index contributed by atoms with van der Waals surface area (Å²) < 4.78 is 17.4. The Kier molecular flexibility index (Phi) is 6.31. The molecule has 0 spiro atoms. The van der Waals surface area contributed by atoms with Crippen LogP contribution in [0.15, 0.2) is 48.5 Å². The monoisotopic (exact) mass is 341 g/mol. The van der Waals surface area contributed by atoms with Gasteiger partial charge in [0.2, 0.25) is 0 Å². The molecule has 0 aliphatic carbocycles. The van der Waals surface area contributed by atoms with E-state index in [9.17, 15) is 0 Å². The molecule has 0 amide bonds. The zero-order chi connectivity index (χ0) is 17.5. The van der Waals surface area contributed by atoms with Gasteiger partial charge in [0.05, 0.1) is 20.3 Å². The van der Waals surface area contributed by atoms with Crippen LogP contribution in [0.2, 0.25) is 0 Å². The van der Waals surface area contributed by atoms with Gasteiger partial charge in [-0.05, 0) is 30.7 Å². The molecule has 2 aromatic carbocycles. The molecule has 0 saturated carbocycles. The maximum absolute atomic E-state index is 6.38. The van der Waals surface area contributed by atoms with Gasteiger partial charge in [-0.15, -0.1) is 0 Å². The summed E-state index contributed by atoms with van der Waals surface area (Å²) >= 11 is 0. The average molecular weight is 341 g/mol. The number of rotatable bonds is 7. The second-order valence-corrected chi connectivity index (χ2v) is 6.41. The zero-order valence-corrected chi connectivity index (χ0v) is 15.1. The van der Waals surface area contributed by atoms with Crippen LogP contribution in [0.1, 0.15) is 23.7 Å². The number of hydrogen-bond donors (Lipinski definition) is 0. The second kappa shape index (κ2) is 8.88. The quantitative estimate of drug-likeness (QED) is 0.765. The number of aryl methyl sites for hydroxylation is 1. The van der Waals surface area contributed by atoms with Crippen molar-refractivity contribution in [1.82, 2.24) is 4.90 Å². The Hall–Kier alpha value is -2.04. The Morgan fingerprint density at radius 1 is 1.08 bits per heavy atom. The van der Waals surface area contributed by atoms with E-state index in [0.717, 1.165) is 56.3 Å². The average Bonchev–Trinajstić information content (AvgIpc) is 2.66. The Balaban J connectivity index is 1.77. The zero-order valence-electron chi connectivity index (χ0n) is 15.1. The first-order chi connectivity index (χ1) is 12.3. The Morgan fingerprint density at radius 3 is 2.64 bits per heavy atom. The van der Waals surface area contributed by atoms with E-state index in [4.69, 9.17) is 14.2 Å². The van der Waals surface area contributed by atoms with Crippen LogP contribution < -0.4 is 9.47 Å². The van der Waals surface area contributed by atoms with Crippen molar-refractivity contribution in [3.05, 3.63) is 59.7 Å². The van der Waals surface area contributed by atoms with Crippen molar-refractivity contribution in [3.8, 4) is 11.5 Å². The molecule has 2 aromatic rings. The number of methoxy groups -OCH3 is 1. The molecule has 4 nitrogen and oxygen atoms in total. The molecule has 1 heterocycles. The highest BCUT2D eigenvalue weighted by atomic mass is 16.5. The van der Waals surface area contributed by atoms with E-state index >= 15 is 0 Å². The molecule has 25 heavy (non-hydrogen) atoms. The first-order valence-electron chi connectivity index (χ1n) is 8.92.